The van der Waals surface area contributed by atoms with E-state index in [1.807, 2.05) is 12.3 Å². The minimum atomic E-state index is -3.61. The van der Waals surface area contributed by atoms with Crippen LogP contribution in [-0.2, 0) is 10.0 Å². The number of nitrogen functional groups attached to an aromatic ring is 1. The van der Waals surface area contributed by atoms with Crippen molar-refractivity contribution in [2.24, 2.45) is 0 Å². The third kappa shape index (κ3) is 3.17. The van der Waals surface area contributed by atoms with E-state index >= 15 is 0 Å². The van der Waals surface area contributed by atoms with E-state index in [0.717, 1.165) is 5.01 Å². The lowest BCUT2D eigenvalue weighted by Gasteiger charge is -2.13. The second kappa shape index (κ2) is 5.90. The van der Waals surface area contributed by atoms with Crippen molar-refractivity contribution in [2.45, 2.75) is 24.7 Å². The van der Waals surface area contributed by atoms with Crippen LogP contribution in [0.2, 0.25) is 0 Å². The predicted octanol–water partition coefficient (Wildman–Crippen LogP) is 2.12. The Bertz CT molecular complexity index is 661. The smallest absolute Gasteiger partial charge is 0.242 e. The summed E-state index contributed by atoms with van der Waals surface area (Å²) in [7, 11) is -3.61. The first kappa shape index (κ1) is 15.0. The van der Waals surface area contributed by atoms with E-state index < -0.39 is 10.0 Å². The van der Waals surface area contributed by atoms with E-state index in [9.17, 15) is 8.42 Å². The van der Waals surface area contributed by atoms with Crippen LogP contribution in [0.3, 0.4) is 0 Å². The molecule has 5 nitrogen and oxygen atoms in total. The van der Waals surface area contributed by atoms with Gasteiger partial charge in [0.2, 0.25) is 10.0 Å². The standard InChI is InChI=1S/C13H17N3O2S2/c1-9-4-3-5-11(14)12(9)20(17,18)16-8-10(2)13-15-6-7-19-13/h3-7,10,16H,8,14H2,1-2H3. The summed E-state index contributed by atoms with van der Waals surface area (Å²) in [5.41, 5.74) is 6.68. The van der Waals surface area contributed by atoms with Crippen LogP contribution < -0.4 is 10.5 Å². The lowest BCUT2D eigenvalue weighted by molar-refractivity contribution is 0.574. The van der Waals surface area contributed by atoms with E-state index in [0.29, 0.717) is 12.1 Å². The summed E-state index contributed by atoms with van der Waals surface area (Å²) in [6.45, 7) is 3.96. The zero-order chi connectivity index (χ0) is 14.8. The first-order valence-electron chi connectivity index (χ1n) is 6.16. The van der Waals surface area contributed by atoms with Crippen LogP contribution in [0.25, 0.3) is 0 Å². The maximum atomic E-state index is 12.3. The normalized spacial score (nSPS) is 13.3. The van der Waals surface area contributed by atoms with Crippen molar-refractivity contribution in [3.05, 3.63) is 40.3 Å². The molecule has 0 saturated heterocycles. The van der Waals surface area contributed by atoms with Crippen molar-refractivity contribution in [3.63, 3.8) is 0 Å². The number of benzene rings is 1. The third-order valence-electron chi connectivity index (χ3n) is 2.96. The number of nitrogens with zero attached hydrogens (tertiary/aromatic N) is 1. The summed E-state index contributed by atoms with van der Waals surface area (Å²) in [6, 6.07) is 5.06. The first-order chi connectivity index (χ1) is 9.42. The molecule has 0 spiro atoms. The van der Waals surface area contributed by atoms with E-state index in [1.165, 1.54) is 11.3 Å². The maximum absolute atomic E-state index is 12.3. The van der Waals surface area contributed by atoms with Gasteiger partial charge in [-0.05, 0) is 18.6 Å². The van der Waals surface area contributed by atoms with Gasteiger partial charge in [0.25, 0.3) is 0 Å². The SMILES string of the molecule is Cc1cccc(N)c1S(=O)(=O)NCC(C)c1nccs1. The van der Waals surface area contributed by atoms with Gasteiger partial charge in [0, 0.05) is 24.0 Å². The molecule has 0 saturated carbocycles. The molecule has 3 N–H and O–H groups in total. The van der Waals surface area contributed by atoms with Crippen molar-refractivity contribution in [1.29, 1.82) is 0 Å². The van der Waals surface area contributed by atoms with Crippen LogP contribution in [0, 0.1) is 6.92 Å². The number of hydrogen-bond donors (Lipinski definition) is 2. The highest BCUT2D eigenvalue weighted by Crippen LogP contribution is 2.23. The molecule has 1 atom stereocenters. The van der Waals surface area contributed by atoms with E-state index in [2.05, 4.69) is 9.71 Å². The van der Waals surface area contributed by atoms with Crippen LogP contribution >= 0.6 is 11.3 Å². The van der Waals surface area contributed by atoms with Gasteiger partial charge in [0.15, 0.2) is 0 Å². The number of aryl methyl sites for hydroxylation is 1. The molecule has 7 heteroatoms. The van der Waals surface area contributed by atoms with Crippen molar-refractivity contribution < 1.29 is 8.42 Å². The molecule has 0 aliphatic carbocycles. The van der Waals surface area contributed by atoms with Crippen LogP contribution in [0.1, 0.15) is 23.4 Å². The molecule has 1 aromatic carbocycles. The fourth-order valence-corrected chi connectivity index (χ4v) is 4.10. The quantitative estimate of drug-likeness (QED) is 0.828. The molecule has 20 heavy (non-hydrogen) atoms. The Labute approximate surface area is 122 Å². The Hall–Kier alpha value is -1.44. The number of anilines is 1. The van der Waals surface area contributed by atoms with Crippen LogP contribution in [-0.4, -0.2) is 19.9 Å². The lowest BCUT2D eigenvalue weighted by Crippen LogP contribution is -2.29. The van der Waals surface area contributed by atoms with Crippen LogP contribution in [0.15, 0.2) is 34.7 Å². The maximum Gasteiger partial charge on any atom is 0.242 e. The number of hydrogen-bond acceptors (Lipinski definition) is 5. The van der Waals surface area contributed by atoms with Gasteiger partial charge >= 0.3 is 0 Å². The number of rotatable bonds is 5. The summed E-state index contributed by atoms with van der Waals surface area (Å²) in [4.78, 5) is 4.34. The third-order valence-corrected chi connectivity index (χ3v) is 5.61. The van der Waals surface area contributed by atoms with Gasteiger partial charge in [-0.15, -0.1) is 11.3 Å². The second-order valence-electron chi connectivity index (χ2n) is 4.62. The minimum absolute atomic E-state index is 0.0232. The molecule has 1 unspecified atom stereocenters. The van der Waals surface area contributed by atoms with Gasteiger partial charge < -0.3 is 5.73 Å². The van der Waals surface area contributed by atoms with E-state index in [1.54, 1.807) is 31.3 Å². The highest BCUT2D eigenvalue weighted by Gasteiger charge is 2.21. The fraction of sp³-hybridized carbons (Fsp3) is 0.308. The van der Waals surface area contributed by atoms with Crippen molar-refractivity contribution in [3.8, 4) is 0 Å². The highest BCUT2D eigenvalue weighted by atomic mass is 32.2. The zero-order valence-corrected chi connectivity index (χ0v) is 13.0. The molecule has 1 aromatic heterocycles. The Balaban J connectivity index is 2.16. The molecule has 0 radical (unpaired) electrons. The molecule has 2 rings (SSSR count). The molecular formula is C13H17N3O2S2. The van der Waals surface area contributed by atoms with Gasteiger partial charge in [0.05, 0.1) is 10.7 Å². The first-order valence-corrected chi connectivity index (χ1v) is 8.52. The summed E-state index contributed by atoms with van der Waals surface area (Å²) < 4.78 is 27.3. The average Bonchev–Trinajstić information content (AvgIpc) is 2.89. The predicted molar refractivity (Wildman–Crippen MR) is 81.3 cm³/mol. The summed E-state index contributed by atoms with van der Waals surface area (Å²) in [5.74, 6) is 0.0232. The monoisotopic (exact) mass is 311 g/mol. The Morgan fingerprint density at radius 3 is 2.80 bits per heavy atom. The lowest BCUT2D eigenvalue weighted by atomic mass is 10.2. The molecule has 1 heterocycles. The molecule has 108 valence electrons. The highest BCUT2D eigenvalue weighted by molar-refractivity contribution is 7.89. The average molecular weight is 311 g/mol. The molecule has 0 amide bonds. The molecular weight excluding hydrogens is 294 g/mol. The molecule has 2 aromatic rings. The van der Waals surface area contributed by atoms with Gasteiger partial charge in [-0.3, -0.25) is 0 Å². The number of thiazole rings is 1. The number of nitrogens with one attached hydrogen (secondary N) is 1. The Morgan fingerprint density at radius 2 is 2.20 bits per heavy atom. The fourth-order valence-electron chi connectivity index (χ4n) is 1.91. The van der Waals surface area contributed by atoms with Crippen molar-refractivity contribution in [2.75, 3.05) is 12.3 Å². The topological polar surface area (TPSA) is 85.1 Å². The molecule has 0 bridgehead atoms. The van der Waals surface area contributed by atoms with E-state index in [-0.39, 0.29) is 16.5 Å². The number of sulfonamides is 1. The van der Waals surface area contributed by atoms with E-state index in [4.69, 9.17) is 5.73 Å². The van der Waals surface area contributed by atoms with Gasteiger partial charge in [-0.25, -0.2) is 18.1 Å². The largest absolute Gasteiger partial charge is 0.398 e. The second-order valence-corrected chi connectivity index (χ2v) is 7.25. The number of aromatic nitrogens is 1. The summed E-state index contributed by atoms with van der Waals surface area (Å²) in [6.07, 6.45) is 1.71. The molecule has 0 aliphatic heterocycles. The Morgan fingerprint density at radius 1 is 1.45 bits per heavy atom. The summed E-state index contributed by atoms with van der Waals surface area (Å²) >= 11 is 1.51. The number of nitrogens with two attached hydrogens (primary N) is 1. The molecule has 0 aliphatic rings. The van der Waals surface area contributed by atoms with Gasteiger partial charge in [-0.1, -0.05) is 19.1 Å². The molecule has 0 fully saturated rings. The van der Waals surface area contributed by atoms with Crippen molar-refractivity contribution in [1.82, 2.24) is 9.71 Å². The minimum Gasteiger partial charge on any atom is -0.398 e. The summed E-state index contributed by atoms with van der Waals surface area (Å²) in [5, 5.41) is 2.78. The van der Waals surface area contributed by atoms with Crippen LogP contribution in [0.4, 0.5) is 5.69 Å². The van der Waals surface area contributed by atoms with Crippen molar-refractivity contribution >= 4 is 27.0 Å². The van der Waals surface area contributed by atoms with Gasteiger partial charge in [-0.2, -0.15) is 0 Å². The zero-order valence-electron chi connectivity index (χ0n) is 11.3. The Kier molecular flexibility index (Phi) is 4.42. The van der Waals surface area contributed by atoms with Crippen LogP contribution in [0.5, 0.6) is 0 Å². The van der Waals surface area contributed by atoms with Gasteiger partial charge in [0.1, 0.15) is 4.90 Å².